The number of hydrogen-bond donors (Lipinski definition) is 3. The van der Waals surface area contributed by atoms with E-state index in [4.69, 9.17) is 4.74 Å². The second-order valence-electron chi connectivity index (χ2n) is 13.3. The van der Waals surface area contributed by atoms with Crippen LogP contribution in [0.15, 0.2) is 0 Å². The molecule has 0 saturated carbocycles. The van der Waals surface area contributed by atoms with E-state index < -0.39 is 18.2 Å². The molecule has 6 nitrogen and oxygen atoms in total. The smallest absolute Gasteiger partial charge is 0.306 e. The van der Waals surface area contributed by atoms with Gasteiger partial charge in [-0.25, -0.2) is 0 Å². The lowest BCUT2D eigenvalue weighted by molar-refractivity contribution is -0.151. The van der Waals surface area contributed by atoms with Crippen molar-refractivity contribution in [1.29, 1.82) is 0 Å². The van der Waals surface area contributed by atoms with E-state index in [1.165, 1.54) is 116 Å². The molecule has 0 saturated heterocycles. The van der Waals surface area contributed by atoms with Gasteiger partial charge in [0.25, 0.3) is 0 Å². The molecular weight excluding hydrogens is 550 g/mol. The average Bonchev–Trinajstić information content (AvgIpc) is 3.01. The Morgan fingerprint density at radius 1 is 0.568 bits per heavy atom. The van der Waals surface area contributed by atoms with Crippen LogP contribution in [0.1, 0.15) is 207 Å². The zero-order valence-corrected chi connectivity index (χ0v) is 29.6. The van der Waals surface area contributed by atoms with Crippen LogP contribution in [0.4, 0.5) is 0 Å². The highest BCUT2D eigenvalue weighted by Gasteiger charge is 2.24. The number of aliphatic hydroxyl groups is 2. The first-order chi connectivity index (χ1) is 21.5. The zero-order valence-electron chi connectivity index (χ0n) is 29.6. The van der Waals surface area contributed by atoms with Gasteiger partial charge in [-0.1, -0.05) is 168 Å². The largest absolute Gasteiger partial charge is 0.462 e. The second kappa shape index (κ2) is 33.2. The highest BCUT2D eigenvalue weighted by atomic mass is 16.5. The molecule has 3 N–H and O–H groups in total. The third-order valence-electron chi connectivity index (χ3n) is 8.94. The van der Waals surface area contributed by atoms with Crippen LogP contribution in [-0.4, -0.2) is 46.9 Å². The number of unbranched alkanes of at least 4 members (excludes halogenated alkanes) is 22. The van der Waals surface area contributed by atoms with Crippen LogP contribution in [0.2, 0.25) is 0 Å². The van der Waals surface area contributed by atoms with Crippen molar-refractivity contribution in [1.82, 2.24) is 5.32 Å². The van der Waals surface area contributed by atoms with E-state index in [1.54, 1.807) is 0 Å². The van der Waals surface area contributed by atoms with Gasteiger partial charge in [0.15, 0.2) is 0 Å². The van der Waals surface area contributed by atoms with Crippen LogP contribution < -0.4 is 5.32 Å². The van der Waals surface area contributed by atoms with Crippen LogP contribution in [0, 0.1) is 0 Å². The van der Waals surface area contributed by atoms with Crippen LogP contribution in [0.3, 0.4) is 0 Å². The van der Waals surface area contributed by atoms with E-state index in [0.29, 0.717) is 19.3 Å². The van der Waals surface area contributed by atoms with Crippen molar-refractivity contribution in [3.63, 3.8) is 0 Å². The van der Waals surface area contributed by atoms with Gasteiger partial charge in [-0.3, -0.25) is 9.59 Å². The monoisotopic (exact) mass is 626 g/mol. The quantitative estimate of drug-likeness (QED) is 0.0488. The Labute approximate surface area is 273 Å². The first kappa shape index (κ1) is 42.9. The average molecular weight is 626 g/mol. The molecule has 0 fully saturated rings. The number of esters is 1. The summed E-state index contributed by atoms with van der Waals surface area (Å²) in [7, 11) is 0. The van der Waals surface area contributed by atoms with Crippen molar-refractivity contribution >= 4 is 11.9 Å². The highest BCUT2D eigenvalue weighted by molar-refractivity contribution is 5.77. The van der Waals surface area contributed by atoms with Gasteiger partial charge in [-0.15, -0.1) is 0 Å². The lowest BCUT2D eigenvalue weighted by Crippen LogP contribution is -2.46. The summed E-state index contributed by atoms with van der Waals surface area (Å²) < 4.78 is 5.82. The third-order valence-corrected chi connectivity index (χ3v) is 8.94. The highest BCUT2D eigenvalue weighted by Crippen LogP contribution is 2.17. The van der Waals surface area contributed by atoms with E-state index in [-0.39, 0.29) is 24.9 Å². The summed E-state index contributed by atoms with van der Waals surface area (Å²) in [6.45, 7) is 6.39. The Kier molecular flexibility index (Phi) is 32.4. The normalized spacial score (nSPS) is 13.5. The van der Waals surface area contributed by atoms with Gasteiger partial charge in [0.2, 0.25) is 5.91 Å². The van der Waals surface area contributed by atoms with E-state index in [0.717, 1.165) is 44.9 Å². The number of carbonyl (C=O) groups is 2. The van der Waals surface area contributed by atoms with Gasteiger partial charge in [-0.05, 0) is 25.7 Å². The Bertz CT molecular complexity index is 628. The van der Waals surface area contributed by atoms with Gasteiger partial charge in [0.05, 0.1) is 25.2 Å². The summed E-state index contributed by atoms with van der Waals surface area (Å²) in [6, 6.07) is -0.687. The van der Waals surface area contributed by atoms with Crippen LogP contribution >= 0.6 is 0 Å². The number of rotatable bonds is 34. The van der Waals surface area contributed by atoms with Crippen molar-refractivity contribution in [2.75, 3.05) is 6.61 Å². The maximum atomic E-state index is 12.9. The van der Waals surface area contributed by atoms with E-state index in [9.17, 15) is 19.8 Å². The summed E-state index contributed by atoms with van der Waals surface area (Å²) in [5.74, 6) is -0.475. The molecule has 44 heavy (non-hydrogen) atoms. The van der Waals surface area contributed by atoms with E-state index in [1.807, 2.05) is 0 Å². The molecule has 0 aromatic carbocycles. The maximum absolute atomic E-state index is 12.9. The molecule has 0 aliphatic carbocycles. The number of hydrogen-bond acceptors (Lipinski definition) is 5. The molecule has 3 atom stereocenters. The summed E-state index contributed by atoms with van der Waals surface area (Å²) in [6.07, 6.45) is 30.3. The molecule has 0 aromatic rings. The molecule has 0 spiro atoms. The molecule has 0 aromatic heterocycles. The number of ether oxygens (including phenoxy) is 1. The predicted octanol–water partition coefficient (Wildman–Crippen LogP) is 10.1. The summed E-state index contributed by atoms with van der Waals surface area (Å²) >= 11 is 0. The fraction of sp³-hybridized carbons (Fsp3) is 0.947. The molecule has 0 aliphatic heterocycles. The van der Waals surface area contributed by atoms with Gasteiger partial charge in [-0.2, -0.15) is 0 Å². The fourth-order valence-electron chi connectivity index (χ4n) is 5.96. The predicted molar refractivity (Wildman–Crippen MR) is 186 cm³/mol. The number of aliphatic hydroxyl groups excluding tert-OH is 2. The third kappa shape index (κ3) is 28.3. The molecule has 6 heteroatoms. The van der Waals surface area contributed by atoms with Gasteiger partial charge < -0.3 is 20.3 Å². The molecule has 0 heterocycles. The topological polar surface area (TPSA) is 95.9 Å². The zero-order chi connectivity index (χ0) is 32.5. The van der Waals surface area contributed by atoms with Crippen molar-refractivity contribution in [3.8, 4) is 0 Å². The standard InChI is InChI=1S/C38H75NO5/c1-4-7-10-13-16-18-21-24-27-30-36(41)35(33-40)39-37(42)32-34(29-26-23-20-15-12-9-6-3)44-38(43)31-28-25-22-19-17-14-11-8-5-2/h34-36,40-41H,4-33H2,1-3H3,(H,39,42). The van der Waals surface area contributed by atoms with E-state index in [2.05, 4.69) is 26.1 Å². The SMILES string of the molecule is CCCCCCCCCCCC(=O)OC(CCCCCCCCC)CC(=O)NC(CO)C(O)CCCCCCCCCCC. The Hall–Kier alpha value is -1.14. The fourth-order valence-corrected chi connectivity index (χ4v) is 5.96. The van der Waals surface area contributed by atoms with E-state index >= 15 is 0 Å². The molecule has 0 bridgehead atoms. The maximum Gasteiger partial charge on any atom is 0.306 e. The summed E-state index contributed by atoms with van der Waals surface area (Å²) in [5, 5.41) is 23.4. The molecule has 0 rings (SSSR count). The van der Waals surface area contributed by atoms with Gasteiger partial charge in [0.1, 0.15) is 6.10 Å². The summed E-state index contributed by atoms with van der Waals surface area (Å²) in [4.78, 5) is 25.6. The molecular formula is C38H75NO5. The lowest BCUT2D eigenvalue weighted by atomic mass is 10.0. The minimum atomic E-state index is -0.774. The number of nitrogens with one attached hydrogen (secondary N) is 1. The molecule has 0 aliphatic rings. The number of carbonyl (C=O) groups excluding carboxylic acids is 2. The van der Waals surface area contributed by atoms with Crippen molar-refractivity contribution in [2.24, 2.45) is 0 Å². The van der Waals surface area contributed by atoms with Crippen LogP contribution in [0.5, 0.6) is 0 Å². The number of amides is 1. The molecule has 262 valence electrons. The minimum absolute atomic E-state index is 0.0839. The summed E-state index contributed by atoms with van der Waals surface area (Å²) in [5.41, 5.74) is 0. The van der Waals surface area contributed by atoms with Crippen molar-refractivity contribution in [3.05, 3.63) is 0 Å². The molecule has 3 unspecified atom stereocenters. The Balaban J connectivity index is 4.53. The lowest BCUT2D eigenvalue weighted by Gasteiger charge is -2.24. The minimum Gasteiger partial charge on any atom is -0.462 e. The Morgan fingerprint density at radius 2 is 0.955 bits per heavy atom. The van der Waals surface area contributed by atoms with Crippen LogP contribution in [-0.2, 0) is 14.3 Å². The first-order valence-electron chi connectivity index (χ1n) is 19.3. The van der Waals surface area contributed by atoms with Gasteiger partial charge >= 0.3 is 5.97 Å². The van der Waals surface area contributed by atoms with Crippen LogP contribution in [0.25, 0.3) is 0 Å². The molecule has 0 radical (unpaired) electrons. The van der Waals surface area contributed by atoms with Crippen molar-refractivity contribution in [2.45, 2.75) is 225 Å². The van der Waals surface area contributed by atoms with Crippen molar-refractivity contribution < 1.29 is 24.5 Å². The first-order valence-corrected chi connectivity index (χ1v) is 19.3. The second-order valence-corrected chi connectivity index (χ2v) is 13.3. The van der Waals surface area contributed by atoms with Gasteiger partial charge in [0, 0.05) is 6.42 Å². The Morgan fingerprint density at radius 3 is 1.39 bits per heavy atom. The molecule has 1 amide bonds.